The van der Waals surface area contributed by atoms with Crippen LogP contribution >= 0.6 is 23.2 Å². The van der Waals surface area contributed by atoms with Gasteiger partial charge in [0.15, 0.2) is 0 Å². The molecule has 0 aliphatic carbocycles. The molecule has 2 N–H and O–H groups in total. The number of nitriles is 1. The minimum absolute atomic E-state index is 0.151. The highest BCUT2D eigenvalue weighted by Gasteiger charge is 2.12. The maximum absolute atomic E-state index is 13.1. The number of amides is 1. The van der Waals surface area contributed by atoms with Gasteiger partial charge in [-0.1, -0.05) is 41.4 Å². The molecule has 0 aliphatic rings. The van der Waals surface area contributed by atoms with Crippen molar-refractivity contribution < 1.29 is 9.18 Å². The summed E-state index contributed by atoms with van der Waals surface area (Å²) in [6, 6.07) is 12.6. The lowest BCUT2D eigenvalue weighted by atomic mass is 10.2. The molecule has 0 radical (unpaired) electrons. The SMILES string of the molecule is N#C/C(=C/NCc1cccc(F)c1)C(=O)Nc1cccc(Cl)c1Cl. The van der Waals surface area contributed by atoms with Gasteiger partial charge in [0.1, 0.15) is 17.5 Å². The van der Waals surface area contributed by atoms with Gasteiger partial charge >= 0.3 is 0 Å². The van der Waals surface area contributed by atoms with Crippen LogP contribution in [0.3, 0.4) is 0 Å². The summed E-state index contributed by atoms with van der Waals surface area (Å²) < 4.78 is 13.1. The van der Waals surface area contributed by atoms with E-state index in [-0.39, 0.29) is 23.0 Å². The van der Waals surface area contributed by atoms with Crippen LogP contribution in [0.5, 0.6) is 0 Å². The molecule has 2 aromatic carbocycles. The van der Waals surface area contributed by atoms with Crippen molar-refractivity contribution in [3.05, 3.63) is 75.7 Å². The Labute approximate surface area is 148 Å². The summed E-state index contributed by atoms with van der Waals surface area (Å²) >= 11 is 11.9. The van der Waals surface area contributed by atoms with E-state index in [0.29, 0.717) is 16.3 Å². The number of benzene rings is 2. The van der Waals surface area contributed by atoms with Crippen LogP contribution in [-0.4, -0.2) is 5.91 Å². The second kappa shape index (κ2) is 8.34. The highest BCUT2D eigenvalue weighted by atomic mass is 35.5. The van der Waals surface area contributed by atoms with E-state index in [1.54, 1.807) is 36.4 Å². The Bertz CT molecular complexity index is 831. The van der Waals surface area contributed by atoms with Crippen molar-refractivity contribution in [2.45, 2.75) is 6.54 Å². The number of hydrogen-bond donors (Lipinski definition) is 2. The standard InChI is InChI=1S/C17H12Cl2FN3O/c18-14-5-2-6-15(16(14)19)23-17(24)12(8-21)10-22-9-11-3-1-4-13(20)7-11/h1-7,10,22H,9H2,(H,23,24)/b12-10-. The first-order valence-corrected chi connectivity index (χ1v) is 7.60. The lowest BCUT2D eigenvalue weighted by molar-refractivity contribution is -0.112. The van der Waals surface area contributed by atoms with Crippen molar-refractivity contribution in [2.75, 3.05) is 5.32 Å². The largest absolute Gasteiger partial charge is 0.386 e. The van der Waals surface area contributed by atoms with Gasteiger partial charge in [0.25, 0.3) is 5.91 Å². The molecule has 0 spiro atoms. The van der Waals surface area contributed by atoms with Gasteiger partial charge in [-0.05, 0) is 29.8 Å². The summed E-state index contributed by atoms with van der Waals surface area (Å²) in [5, 5.41) is 14.9. The van der Waals surface area contributed by atoms with Crippen molar-refractivity contribution in [1.29, 1.82) is 5.26 Å². The topological polar surface area (TPSA) is 64.9 Å². The third-order valence-corrected chi connectivity index (χ3v) is 3.83. The van der Waals surface area contributed by atoms with Gasteiger partial charge in [-0.2, -0.15) is 5.26 Å². The second-order valence-corrected chi connectivity index (χ2v) is 5.52. The Morgan fingerprint density at radius 2 is 2.00 bits per heavy atom. The van der Waals surface area contributed by atoms with Crippen molar-refractivity contribution in [2.24, 2.45) is 0 Å². The van der Waals surface area contributed by atoms with Crippen molar-refractivity contribution in [3.8, 4) is 6.07 Å². The van der Waals surface area contributed by atoms with Crippen LogP contribution in [0.15, 0.2) is 54.2 Å². The van der Waals surface area contributed by atoms with Gasteiger partial charge in [-0.25, -0.2) is 4.39 Å². The smallest absolute Gasteiger partial charge is 0.267 e. The molecule has 122 valence electrons. The number of carbonyl (C=O) groups is 1. The Hall–Kier alpha value is -2.55. The number of rotatable bonds is 5. The molecule has 0 aliphatic heterocycles. The zero-order valence-electron chi connectivity index (χ0n) is 12.3. The van der Waals surface area contributed by atoms with Crippen molar-refractivity contribution >= 4 is 34.8 Å². The predicted molar refractivity (Wildman–Crippen MR) is 92.0 cm³/mol. The molecule has 2 rings (SSSR count). The maximum atomic E-state index is 13.1. The van der Waals surface area contributed by atoms with Gasteiger partial charge < -0.3 is 10.6 Å². The molecular weight excluding hydrogens is 352 g/mol. The quantitative estimate of drug-likeness (QED) is 0.615. The summed E-state index contributed by atoms with van der Waals surface area (Å²) in [7, 11) is 0. The number of nitrogens with zero attached hydrogens (tertiary/aromatic N) is 1. The zero-order valence-corrected chi connectivity index (χ0v) is 13.8. The Kier molecular flexibility index (Phi) is 6.19. The first-order valence-electron chi connectivity index (χ1n) is 6.84. The summed E-state index contributed by atoms with van der Waals surface area (Å²) in [5.74, 6) is -0.986. The number of hydrogen-bond acceptors (Lipinski definition) is 3. The molecule has 2 aromatic rings. The lowest BCUT2D eigenvalue weighted by Gasteiger charge is -2.08. The van der Waals surface area contributed by atoms with Crippen LogP contribution in [0, 0.1) is 17.1 Å². The van der Waals surface area contributed by atoms with Crippen LogP contribution in [0.25, 0.3) is 0 Å². The third kappa shape index (κ3) is 4.72. The van der Waals surface area contributed by atoms with Crippen LogP contribution in [-0.2, 0) is 11.3 Å². The summed E-state index contributed by atoms with van der Waals surface area (Å²) in [6.45, 7) is 0.272. The first kappa shape index (κ1) is 17.8. The van der Waals surface area contributed by atoms with Gasteiger partial charge in [0.2, 0.25) is 0 Å². The van der Waals surface area contributed by atoms with Crippen LogP contribution in [0.4, 0.5) is 10.1 Å². The molecule has 0 bridgehead atoms. The molecule has 0 aromatic heterocycles. The average molecular weight is 364 g/mol. The van der Waals surface area contributed by atoms with E-state index >= 15 is 0 Å². The van der Waals surface area contributed by atoms with E-state index in [2.05, 4.69) is 10.6 Å². The van der Waals surface area contributed by atoms with Crippen molar-refractivity contribution in [1.82, 2.24) is 5.32 Å². The van der Waals surface area contributed by atoms with Gasteiger partial charge in [-0.3, -0.25) is 4.79 Å². The molecule has 0 fully saturated rings. The molecule has 7 heteroatoms. The maximum Gasteiger partial charge on any atom is 0.267 e. The van der Waals surface area contributed by atoms with Gasteiger partial charge in [-0.15, -0.1) is 0 Å². The van der Waals surface area contributed by atoms with Crippen LogP contribution < -0.4 is 10.6 Å². The highest BCUT2D eigenvalue weighted by molar-refractivity contribution is 6.44. The zero-order chi connectivity index (χ0) is 17.5. The fraction of sp³-hybridized carbons (Fsp3) is 0.0588. The van der Waals surface area contributed by atoms with Gasteiger partial charge in [0, 0.05) is 12.7 Å². The van der Waals surface area contributed by atoms with Gasteiger partial charge in [0.05, 0.1) is 15.7 Å². The molecule has 4 nitrogen and oxygen atoms in total. The molecule has 0 atom stereocenters. The fourth-order valence-corrected chi connectivity index (χ4v) is 2.20. The van der Waals surface area contributed by atoms with E-state index in [0.717, 1.165) is 0 Å². The predicted octanol–water partition coefficient (Wildman–Crippen LogP) is 4.27. The first-order chi connectivity index (χ1) is 11.5. The highest BCUT2D eigenvalue weighted by Crippen LogP contribution is 2.29. The Morgan fingerprint density at radius 1 is 1.25 bits per heavy atom. The van der Waals surface area contributed by atoms with Crippen molar-refractivity contribution in [3.63, 3.8) is 0 Å². The second-order valence-electron chi connectivity index (χ2n) is 4.74. The number of anilines is 1. The summed E-state index contributed by atoms with van der Waals surface area (Å²) in [6.07, 6.45) is 1.26. The van der Waals surface area contributed by atoms with E-state index in [4.69, 9.17) is 28.5 Å². The molecule has 24 heavy (non-hydrogen) atoms. The number of carbonyl (C=O) groups excluding carboxylic acids is 1. The minimum Gasteiger partial charge on any atom is -0.386 e. The van der Waals surface area contributed by atoms with Crippen LogP contribution in [0.2, 0.25) is 10.0 Å². The molecule has 1 amide bonds. The molecule has 0 heterocycles. The molecule has 0 unspecified atom stereocenters. The summed E-state index contributed by atoms with van der Waals surface area (Å²) in [4.78, 5) is 12.1. The Morgan fingerprint density at radius 3 is 2.71 bits per heavy atom. The van der Waals surface area contributed by atoms with E-state index in [1.165, 1.54) is 18.3 Å². The van der Waals surface area contributed by atoms with E-state index < -0.39 is 5.91 Å². The fourth-order valence-electron chi connectivity index (χ4n) is 1.86. The van der Waals surface area contributed by atoms with Crippen LogP contribution in [0.1, 0.15) is 5.56 Å². The normalized spacial score (nSPS) is 10.8. The van der Waals surface area contributed by atoms with E-state index in [9.17, 15) is 9.18 Å². The monoisotopic (exact) mass is 363 g/mol. The van der Waals surface area contributed by atoms with E-state index in [1.807, 2.05) is 0 Å². The summed E-state index contributed by atoms with van der Waals surface area (Å²) in [5.41, 5.74) is 0.838. The minimum atomic E-state index is -0.631. The number of halogens is 3. The number of nitrogens with one attached hydrogen (secondary N) is 2. The molecule has 0 saturated carbocycles. The third-order valence-electron chi connectivity index (χ3n) is 3.01. The average Bonchev–Trinajstić information content (AvgIpc) is 2.56. The Balaban J connectivity index is 2.03. The lowest BCUT2D eigenvalue weighted by Crippen LogP contribution is -2.17. The molecular formula is C17H12Cl2FN3O. The molecule has 0 saturated heterocycles.